The zero-order chi connectivity index (χ0) is 16.2. The first kappa shape index (κ1) is 16.8. The summed E-state index contributed by atoms with van der Waals surface area (Å²) in [5.74, 6) is -4.38. The summed E-state index contributed by atoms with van der Waals surface area (Å²) in [6.07, 6.45) is 1.90. The lowest BCUT2D eigenvalue weighted by Gasteiger charge is -2.23. The zero-order valence-corrected chi connectivity index (χ0v) is 12.7. The number of sulfone groups is 1. The Kier molecular flexibility index (Phi) is 5.47. The standard InChI is InChI=1S/C14H18F2N2O3S/c15-14(16)22(20,21)9-10-3-5-11(6-4-10)13(19)18-12-2-1-7-17-8-12/h3-6,12,14,17H,1-2,7-9H2,(H,18,19). The van der Waals surface area contributed by atoms with Crippen LogP contribution in [0.25, 0.3) is 0 Å². The third kappa shape index (κ3) is 4.48. The van der Waals surface area contributed by atoms with Crippen molar-refractivity contribution in [2.75, 3.05) is 13.1 Å². The van der Waals surface area contributed by atoms with E-state index in [-0.39, 0.29) is 17.5 Å². The second kappa shape index (κ2) is 7.15. The maximum Gasteiger partial charge on any atom is 0.337 e. The van der Waals surface area contributed by atoms with Gasteiger partial charge in [0.25, 0.3) is 5.91 Å². The lowest BCUT2D eigenvalue weighted by molar-refractivity contribution is 0.0930. The first-order valence-electron chi connectivity index (χ1n) is 6.99. The van der Waals surface area contributed by atoms with Crippen molar-refractivity contribution in [2.45, 2.75) is 30.4 Å². The Hall–Kier alpha value is -1.54. The largest absolute Gasteiger partial charge is 0.348 e. The van der Waals surface area contributed by atoms with Crippen molar-refractivity contribution in [3.63, 3.8) is 0 Å². The predicted octanol–water partition coefficient (Wildman–Crippen LogP) is 1.31. The van der Waals surface area contributed by atoms with Gasteiger partial charge in [0, 0.05) is 18.2 Å². The summed E-state index contributed by atoms with van der Waals surface area (Å²) in [6.45, 7) is 1.66. The van der Waals surface area contributed by atoms with E-state index in [4.69, 9.17) is 0 Å². The van der Waals surface area contributed by atoms with E-state index < -0.39 is 21.3 Å². The third-order valence-electron chi connectivity index (χ3n) is 3.49. The van der Waals surface area contributed by atoms with Gasteiger partial charge in [-0.1, -0.05) is 12.1 Å². The molecule has 0 saturated carbocycles. The van der Waals surface area contributed by atoms with Crippen LogP contribution in [0.1, 0.15) is 28.8 Å². The predicted molar refractivity (Wildman–Crippen MR) is 78.4 cm³/mol. The van der Waals surface area contributed by atoms with Crippen LogP contribution in [-0.4, -0.2) is 39.2 Å². The van der Waals surface area contributed by atoms with Crippen LogP contribution in [0.3, 0.4) is 0 Å². The number of carbonyl (C=O) groups is 1. The van der Waals surface area contributed by atoms with Crippen LogP contribution in [0.4, 0.5) is 8.78 Å². The first-order valence-corrected chi connectivity index (χ1v) is 8.70. The normalized spacial score (nSPS) is 19.1. The topological polar surface area (TPSA) is 75.3 Å². The second-order valence-electron chi connectivity index (χ2n) is 5.28. The van der Waals surface area contributed by atoms with E-state index >= 15 is 0 Å². The smallest absolute Gasteiger partial charge is 0.337 e. The highest BCUT2D eigenvalue weighted by atomic mass is 32.2. The van der Waals surface area contributed by atoms with E-state index in [1.807, 2.05) is 0 Å². The Bertz CT molecular complexity index is 611. The van der Waals surface area contributed by atoms with Gasteiger partial charge in [0.05, 0.1) is 5.75 Å². The molecule has 1 amide bonds. The number of piperidine rings is 1. The van der Waals surface area contributed by atoms with Crippen LogP contribution < -0.4 is 10.6 Å². The van der Waals surface area contributed by atoms with Gasteiger partial charge < -0.3 is 10.6 Å². The van der Waals surface area contributed by atoms with Crippen LogP contribution in [0, 0.1) is 0 Å². The molecule has 1 aromatic carbocycles. The second-order valence-corrected chi connectivity index (χ2v) is 7.25. The molecule has 1 atom stereocenters. The molecule has 0 aliphatic carbocycles. The number of alkyl halides is 2. The minimum absolute atomic E-state index is 0.0696. The lowest BCUT2D eigenvalue weighted by Crippen LogP contribution is -2.45. The number of rotatable bonds is 5. The number of benzene rings is 1. The van der Waals surface area contributed by atoms with Gasteiger partial charge in [0.2, 0.25) is 9.84 Å². The number of hydrogen-bond acceptors (Lipinski definition) is 4. The summed E-state index contributed by atoms with van der Waals surface area (Å²) in [5, 5.41) is 6.07. The maximum atomic E-state index is 12.3. The van der Waals surface area contributed by atoms with Crippen molar-refractivity contribution in [3.05, 3.63) is 35.4 Å². The van der Waals surface area contributed by atoms with Crippen LogP contribution in [-0.2, 0) is 15.6 Å². The van der Waals surface area contributed by atoms with Gasteiger partial charge in [-0.25, -0.2) is 8.42 Å². The Morgan fingerprint density at radius 1 is 1.32 bits per heavy atom. The molecule has 1 aliphatic rings. The molecule has 22 heavy (non-hydrogen) atoms. The van der Waals surface area contributed by atoms with Gasteiger partial charge in [-0.15, -0.1) is 0 Å². The summed E-state index contributed by atoms with van der Waals surface area (Å²) in [4.78, 5) is 12.0. The molecule has 1 aromatic rings. The molecule has 0 radical (unpaired) electrons. The quantitative estimate of drug-likeness (QED) is 0.852. The molecule has 122 valence electrons. The van der Waals surface area contributed by atoms with Crippen LogP contribution >= 0.6 is 0 Å². The monoisotopic (exact) mass is 332 g/mol. The van der Waals surface area contributed by atoms with Gasteiger partial charge >= 0.3 is 5.76 Å². The van der Waals surface area contributed by atoms with E-state index in [0.717, 1.165) is 25.9 Å². The molecule has 0 aromatic heterocycles. The minimum atomic E-state index is -4.45. The fourth-order valence-electron chi connectivity index (χ4n) is 2.29. The molecule has 1 saturated heterocycles. The van der Waals surface area contributed by atoms with Crippen molar-refractivity contribution in [2.24, 2.45) is 0 Å². The van der Waals surface area contributed by atoms with Gasteiger partial charge in [0.1, 0.15) is 0 Å². The molecule has 0 spiro atoms. The molecule has 1 fully saturated rings. The Morgan fingerprint density at radius 2 is 2.00 bits per heavy atom. The number of nitrogens with one attached hydrogen (secondary N) is 2. The van der Waals surface area contributed by atoms with Crippen molar-refractivity contribution in [1.82, 2.24) is 10.6 Å². The van der Waals surface area contributed by atoms with Crippen molar-refractivity contribution in [3.8, 4) is 0 Å². The number of halogens is 2. The average Bonchev–Trinajstić information content (AvgIpc) is 2.48. The molecule has 2 N–H and O–H groups in total. The summed E-state index contributed by atoms with van der Waals surface area (Å²) >= 11 is 0. The molecule has 5 nitrogen and oxygen atoms in total. The highest BCUT2D eigenvalue weighted by Crippen LogP contribution is 2.14. The Labute approximate surface area is 128 Å². The van der Waals surface area contributed by atoms with E-state index in [1.165, 1.54) is 24.3 Å². The highest BCUT2D eigenvalue weighted by Gasteiger charge is 2.24. The molecule has 1 aliphatic heterocycles. The van der Waals surface area contributed by atoms with E-state index in [0.29, 0.717) is 5.56 Å². The number of carbonyl (C=O) groups excluding carboxylic acids is 1. The molecule has 1 unspecified atom stereocenters. The molecule has 0 bridgehead atoms. The van der Waals surface area contributed by atoms with Crippen LogP contribution in [0.15, 0.2) is 24.3 Å². The van der Waals surface area contributed by atoms with Crippen molar-refractivity contribution >= 4 is 15.7 Å². The summed E-state index contributed by atoms with van der Waals surface area (Å²) < 4.78 is 46.9. The molecule has 8 heteroatoms. The van der Waals surface area contributed by atoms with Crippen molar-refractivity contribution in [1.29, 1.82) is 0 Å². The number of amides is 1. The molecular weight excluding hydrogens is 314 g/mol. The summed E-state index contributed by atoms with van der Waals surface area (Å²) in [6, 6.07) is 5.73. The first-order chi connectivity index (χ1) is 10.4. The maximum absolute atomic E-state index is 12.3. The van der Waals surface area contributed by atoms with Gasteiger partial charge in [-0.2, -0.15) is 8.78 Å². The minimum Gasteiger partial charge on any atom is -0.348 e. The lowest BCUT2D eigenvalue weighted by atomic mass is 10.1. The Morgan fingerprint density at radius 3 is 2.55 bits per heavy atom. The highest BCUT2D eigenvalue weighted by molar-refractivity contribution is 7.90. The van der Waals surface area contributed by atoms with Crippen LogP contribution in [0.5, 0.6) is 0 Å². The fraction of sp³-hybridized carbons (Fsp3) is 0.500. The SMILES string of the molecule is O=C(NC1CCCNC1)c1ccc(CS(=O)(=O)C(F)F)cc1. The molecular formula is C14H18F2N2O3S. The number of hydrogen-bond donors (Lipinski definition) is 2. The van der Waals surface area contributed by atoms with Crippen molar-refractivity contribution < 1.29 is 22.0 Å². The molecule has 1 heterocycles. The van der Waals surface area contributed by atoms with E-state index in [2.05, 4.69) is 10.6 Å². The van der Waals surface area contributed by atoms with E-state index in [9.17, 15) is 22.0 Å². The summed E-state index contributed by atoms with van der Waals surface area (Å²) in [5.41, 5.74) is 0.611. The third-order valence-corrected chi connectivity index (χ3v) is 4.77. The Balaban J connectivity index is 1.97. The van der Waals surface area contributed by atoms with Gasteiger partial charge in [-0.3, -0.25) is 4.79 Å². The summed E-state index contributed by atoms with van der Waals surface area (Å²) in [7, 11) is -4.45. The average molecular weight is 332 g/mol. The van der Waals surface area contributed by atoms with E-state index in [1.54, 1.807) is 0 Å². The van der Waals surface area contributed by atoms with Gasteiger partial charge in [-0.05, 0) is 37.1 Å². The van der Waals surface area contributed by atoms with Gasteiger partial charge in [0.15, 0.2) is 0 Å². The fourth-order valence-corrected chi connectivity index (χ4v) is 3.07. The molecule has 2 rings (SSSR count). The zero-order valence-electron chi connectivity index (χ0n) is 11.9. The van der Waals surface area contributed by atoms with Crippen LogP contribution in [0.2, 0.25) is 0 Å².